The maximum atomic E-state index is 11.0. The predicted molar refractivity (Wildman–Crippen MR) is 55.9 cm³/mol. The molecule has 1 aromatic carbocycles. The first-order valence-corrected chi connectivity index (χ1v) is 5.29. The summed E-state index contributed by atoms with van der Waals surface area (Å²) in [7, 11) is 0. The SMILES string of the molecule is O=C(OCCl)OC1Cc2ccccc2C1. The third kappa shape index (κ3) is 2.42. The van der Waals surface area contributed by atoms with Crippen LogP contribution in [0.3, 0.4) is 0 Å². The number of carbonyl (C=O) groups excluding carboxylic acids is 1. The van der Waals surface area contributed by atoms with Gasteiger partial charge in [0.1, 0.15) is 6.10 Å². The number of hydrogen-bond donors (Lipinski definition) is 0. The van der Waals surface area contributed by atoms with Gasteiger partial charge in [0.15, 0.2) is 6.07 Å². The van der Waals surface area contributed by atoms with E-state index in [0.29, 0.717) is 0 Å². The first-order chi connectivity index (χ1) is 7.29. The second-order valence-corrected chi connectivity index (χ2v) is 3.64. The fourth-order valence-corrected chi connectivity index (χ4v) is 1.91. The highest BCUT2D eigenvalue weighted by Gasteiger charge is 2.24. The molecule has 0 amide bonds. The predicted octanol–water partition coefficient (Wildman–Crippen LogP) is 2.50. The van der Waals surface area contributed by atoms with E-state index in [0.717, 1.165) is 12.8 Å². The van der Waals surface area contributed by atoms with Crippen LogP contribution in [0.4, 0.5) is 4.79 Å². The Balaban J connectivity index is 1.93. The van der Waals surface area contributed by atoms with Gasteiger partial charge in [-0.1, -0.05) is 35.9 Å². The Kier molecular flexibility index (Phi) is 3.11. The molecule has 0 heterocycles. The smallest absolute Gasteiger partial charge is 0.430 e. The van der Waals surface area contributed by atoms with Gasteiger partial charge in [0.05, 0.1) is 0 Å². The summed E-state index contributed by atoms with van der Waals surface area (Å²) < 4.78 is 9.60. The minimum atomic E-state index is -0.692. The Hall–Kier alpha value is -1.22. The standard InChI is InChI=1S/C11H11ClO3/c12-7-14-11(13)15-10-5-8-3-1-2-4-9(8)6-10/h1-4,10H,5-7H2. The van der Waals surface area contributed by atoms with Crippen LogP contribution >= 0.6 is 11.6 Å². The number of fused-ring (bicyclic) bond motifs is 1. The van der Waals surface area contributed by atoms with Crippen LogP contribution in [-0.4, -0.2) is 18.3 Å². The molecule has 1 aliphatic carbocycles. The van der Waals surface area contributed by atoms with Crippen LogP contribution < -0.4 is 0 Å². The summed E-state index contributed by atoms with van der Waals surface area (Å²) in [5, 5.41) is 0. The number of alkyl halides is 1. The van der Waals surface area contributed by atoms with Crippen molar-refractivity contribution in [1.29, 1.82) is 0 Å². The summed E-state index contributed by atoms with van der Waals surface area (Å²) in [4.78, 5) is 11.0. The lowest BCUT2D eigenvalue weighted by molar-refractivity contribution is 0.0367. The van der Waals surface area contributed by atoms with Crippen molar-refractivity contribution >= 4 is 17.8 Å². The molecule has 1 aliphatic rings. The quantitative estimate of drug-likeness (QED) is 0.574. The molecule has 0 atom stereocenters. The van der Waals surface area contributed by atoms with Crippen molar-refractivity contribution < 1.29 is 14.3 Å². The maximum absolute atomic E-state index is 11.0. The third-order valence-corrected chi connectivity index (χ3v) is 2.56. The van der Waals surface area contributed by atoms with E-state index in [9.17, 15) is 4.79 Å². The molecule has 0 radical (unpaired) electrons. The third-order valence-electron chi connectivity index (χ3n) is 2.45. The molecule has 0 saturated heterocycles. The molecule has 0 unspecified atom stereocenters. The molecule has 0 saturated carbocycles. The van der Waals surface area contributed by atoms with Crippen molar-refractivity contribution in [1.82, 2.24) is 0 Å². The van der Waals surface area contributed by atoms with Crippen LogP contribution in [0.2, 0.25) is 0 Å². The van der Waals surface area contributed by atoms with Crippen LogP contribution in [0.25, 0.3) is 0 Å². The van der Waals surface area contributed by atoms with Gasteiger partial charge in [0, 0.05) is 12.8 Å². The monoisotopic (exact) mass is 226 g/mol. The van der Waals surface area contributed by atoms with Gasteiger partial charge >= 0.3 is 6.16 Å². The zero-order chi connectivity index (χ0) is 10.7. The zero-order valence-corrected chi connectivity index (χ0v) is 8.87. The van der Waals surface area contributed by atoms with Crippen molar-refractivity contribution in [3.05, 3.63) is 35.4 Å². The van der Waals surface area contributed by atoms with Crippen molar-refractivity contribution in [2.75, 3.05) is 6.07 Å². The Labute approximate surface area is 92.9 Å². The number of carbonyl (C=O) groups is 1. The Morgan fingerprint density at radius 3 is 2.47 bits per heavy atom. The molecule has 0 spiro atoms. The summed E-state index contributed by atoms with van der Waals surface area (Å²) in [6.45, 7) is 0. The van der Waals surface area contributed by atoms with Crippen LogP contribution in [0.15, 0.2) is 24.3 Å². The lowest BCUT2D eigenvalue weighted by Gasteiger charge is -2.09. The van der Waals surface area contributed by atoms with Crippen molar-refractivity contribution in [2.45, 2.75) is 18.9 Å². The van der Waals surface area contributed by atoms with E-state index >= 15 is 0 Å². The van der Waals surface area contributed by atoms with E-state index < -0.39 is 6.16 Å². The fraction of sp³-hybridized carbons (Fsp3) is 0.364. The van der Waals surface area contributed by atoms with Gasteiger partial charge < -0.3 is 9.47 Å². The summed E-state index contributed by atoms with van der Waals surface area (Å²) in [5.74, 6) is 0. The van der Waals surface area contributed by atoms with E-state index in [-0.39, 0.29) is 12.2 Å². The largest absolute Gasteiger partial charge is 0.509 e. The number of rotatable bonds is 2. The molecule has 0 aliphatic heterocycles. The minimum absolute atomic E-state index is 0.113. The van der Waals surface area contributed by atoms with Crippen LogP contribution in [0, 0.1) is 0 Å². The number of benzene rings is 1. The van der Waals surface area contributed by atoms with Gasteiger partial charge in [-0.2, -0.15) is 0 Å². The molecule has 3 nitrogen and oxygen atoms in total. The van der Waals surface area contributed by atoms with Gasteiger partial charge in [-0.25, -0.2) is 4.79 Å². The summed E-state index contributed by atoms with van der Waals surface area (Å²) in [6, 6.07) is 7.90. The first kappa shape index (κ1) is 10.3. The minimum Gasteiger partial charge on any atom is -0.430 e. The van der Waals surface area contributed by atoms with Gasteiger partial charge in [0.25, 0.3) is 0 Å². The summed E-state index contributed by atoms with van der Waals surface area (Å²) >= 11 is 5.25. The number of ether oxygens (including phenoxy) is 2. The molecule has 0 bridgehead atoms. The molecule has 15 heavy (non-hydrogen) atoms. The Bertz CT molecular complexity index is 340. The topological polar surface area (TPSA) is 35.5 Å². The average Bonchev–Trinajstić information content (AvgIpc) is 2.59. The highest BCUT2D eigenvalue weighted by Crippen LogP contribution is 2.23. The maximum Gasteiger partial charge on any atom is 0.509 e. The van der Waals surface area contributed by atoms with Crippen molar-refractivity contribution in [2.24, 2.45) is 0 Å². The highest BCUT2D eigenvalue weighted by atomic mass is 35.5. The highest BCUT2D eigenvalue weighted by molar-refractivity contribution is 6.17. The van der Waals surface area contributed by atoms with Gasteiger partial charge in [-0.15, -0.1) is 0 Å². The first-order valence-electron chi connectivity index (χ1n) is 4.75. The van der Waals surface area contributed by atoms with Crippen LogP contribution in [0.5, 0.6) is 0 Å². The lowest BCUT2D eigenvalue weighted by Crippen LogP contribution is -2.18. The molecule has 1 aromatic rings. The fourth-order valence-electron chi connectivity index (χ4n) is 1.82. The van der Waals surface area contributed by atoms with E-state index in [1.165, 1.54) is 11.1 Å². The van der Waals surface area contributed by atoms with Crippen LogP contribution in [-0.2, 0) is 22.3 Å². The summed E-state index contributed by atoms with van der Waals surface area (Å²) in [5.41, 5.74) is 2.47. The second kappa shape index (κ2) is 4.53. The molecule has 0 N–H and O–H groups in total. The van der Waals surface area contributed by atoms with E-state index in [1.54, 1.807) is 0 Å². The average molecular weight is 227 g/mol. The zero-order valence-electron chi connectivity index (χ0n) is 8.11. The molecular weight excluding hydrogens is 216 g/mol. The number of halogens is 1. The van der Waals surface area contributed by atoms with E-state index in [2.05, 4.69) is 4.74 Å². The molecular formula is C11H11ClO3. The Morgan fingerprint density at radius 1 is 1.33 bits per heavy atom. The molecule has 0 aromatic heterocycles. The van der Waals surface area contributed by atoms with Gasteiger partial charge in [-0.05, 0) is 11.1 Å². The Morgan fingerprint density at radius 2 is 1.93 bits per heavy atom. The normalized spacial score (nSPS) is 14.7. The second-order valence-electron chi connectivity index (χ2n) is 3.42. The molecule has 80 valence electrons. The molecule has 2 rings (SSSR count). The summed E-state index contributed by atoms with van der Waals surface area (Å²) in [6.07, 6.45) is 0.710. The molecule has 0 fully saturated rings. The van der Waals surface area contributed by atoms with E-state index in [1.807, 2.05) is 24.3 Å². The van der Waals surface area contributed by atoms with Crippen LogP contribution in [0.1, 0.15) is 11.1 Å². The van der Waals surface area contributed by atoms with Gasteiger partial charge in [0.2, 0.25) is 0 Å². The van der Waals surface area contributed by atoms with E-state index in [4.69, 9.17) is 16.3 Å². The van der Waals surface area contributed by atoms with Crippen molar-refractivity contribution in [3.8, 4) is 0 Å². The van der Waals surface area contributed by atoms with Gasteiger partial charge in [-0.3, -0.25) is 0 Å². The molecule has 4 heteroatoms. The number of hydrogen-bond acceptors (Lipinski definition) is 3. The van der Waals surface area contributed by atoms with Crippen molar-refractivity contribution in [3.63, 3.8) is 0 Å². The lowest BCUT2D eigenvalue weighted by atomic mass is 10.1.